The lowest BCUT2D eigenvalue weighted by atomic mass is 9.81. The molecule has 0 unspecified atom stereocenters. The number of carbonyl (C=O) groups is 2. The number of ketones is 1. The van der Waals surface area contributed by atoms with Crippen molar-refractivity contribution < 1.29 is 18.4 Å². The molecule has 3 saturated carbocycles. The molecule has 6 rings (SSSR count). The number of terminal acetylenes is 1. The third-order valence-electron chi connectivity index (χ3n) is 8.73. The molecule has 0 amide bonds. The smallest absolute Gasteiger partial charge is 0.248 e. The van der Waals surface area contributed by atoms with Crippen molar-refractivity contribution >= 4 is 30.0 Å². The number of fused-ring (bicyclic) bond motifs is 1. The minimum Gasteiger partial charge on any atom is -0.365 e. The summed E-state index contributed by atoms with van der Waals surface area (Å²) >= 11 is 5.97. The zero-order chi connectivity index (χ0) is 32.1. The van der Waals surface area contributed by atoms with E-state index in [9.17, 15) is 13.6 Å². The van der Waals surface area contributed by atoms with Crippen LogP contribution in [0.1, 0.15) is 62.4 Å². The number of amidine groups is 1. The van der Waals surface area contributed by atoms with E-state index >= 15 is 0 Å². The number of hydrogen-bond acceptors (Lipinski definition) is 6. The maximum Gasteiger partial charge on any atom is 0.248 e. The molecule has 0 aromatic heterocycles. The lowest BCUT2D eigenvalue weighted by Crippen LogP contribution is -2.45. The fourth-order valence-corrected chi connectivity index (χ4v) is 6.10. The van der Waals surface area contributed by atoms with Gasteiger partial charge >= 0.3 is 0 Å². The van der Waals surface area contributed by atoms with Gasteiger partial charge in [0.15, 0.2) is 5.78 Å². The van der Waals surface area contributed by atoms with Crippen molar-refractivity contribution in [3.63, 3.8) is 0 Å². The van der Waals surface area contributed by atoms with Crippen molar-refractivity contribution in [2.75, 3.05) is 20.6 Å². The van der Waals surface area contributed by atoms with E-state index in [4.69, 9.17) is 27.8 Å². The summed E-state index contributed by atoms with van der Waals surface area (Å²) in [5, 5.41) is 7.25. The maximum atomic E-state index is 12.1. The van der Waals surface area contributed by atoms with Gasteiger partial charge in [-0.15, -0.1) is 6.42 Å². The summed E-state index contributed by atoms with van der Waals surface area (Å²) < 4.78 is 24.2. The van der Waals surface area contributed by atoms with Gasteiger partial charge in [-0.25, -0.2) is 8.78 Å². The molecule has 1 heterocycles. The number of nitrogens with one attached hydrogen (secondary N) is 2. The van der Waals surface area contributed by atoms with E-state index in [1.807, 2.05) is 49.3 Å². The Morgan fingerprint density at radius 1 is 1.14 bits per heavy atom. The molecular weight excluding hydrogens is 570 g/mol. The van der Waals surface area contributed by atoms with Crippen LogP contribution in [0.5, 0.6) is 0 Å². The molecular formula is C34H43ClF2N4O2. The SMILES string of the molecule is C#C[C@@H]1N=C(C23CC2(N(C)Cc2ccc(Cl)cc2)C3)NC1(C)C.C=O.CC(=O)c1ccccc1.CNCC1CC(F)(F)C1. The van der Waals surface area contributed by atoms with Crippen molar-refractivity contribution in [3.8, 4) is 12.3 Å². The van der Waals surface area contributed by atoms with Crippen molar-refractivity contribution in [1.29, 1.82) is 0 Å². The number of hydrogen-bond donors (Lipinski definition) is 2. The van der Waals surface area contributed by atoms with Crippen LogP contribution in [0.15, 0.2) is 59.6 Å². The van der Waals surface area contributed by atoms with Crippen LogP contribution in [0.2, 0.25) is 5.02 Å². The van der Waals surface area contributed by atoms with E-state index in [2.05, 4.69) is 54.5 Å². The van der Waals surface area contributed by atoms with Gasteiger partial charge in [-0.1, -0.05) is 60.0 Å². The van der Waals surface area contributed by atoms with Crippen LogP contribution in [0.3, 0.4) is 0 Å². The van der Waals surface area contributed by atoms with Gasteiger partial charge < -0.3 is 15.4 Å². The summed E-state index contributed by atoms with van der Waals surface area (Å²) in [7, 11) is 4.00. The summed E-state index contributed by atoms with van der Waals surface area (Å²) in [4.78, 5) is 25.9. The first-order valence-electron chi connectivity index (χ1n) is 14.4. The van der Waals surface area contributed by atoms with Crippen LogP contribution in [0.25, 0.3) is 0 Å². The molecule has 3 fully saturated rings. The average Bonchev–Trinajstić information content (AvgIpc) is 3.78. The Morgan fingerprint density at radius 3 is 2.16 bits per heavy atom. The highest BCUT2D eigenvalue weighted by atomic mass is 35.5. The number of benzene rings is 2. The highest BCUT2D eigenvalue weighted by Gasteiger charge is 2.87. The summed E-state index contributed by atoms with van der Waals surface area (Å²) in [5.41, 5.74) is 2.43. The van der Waals surface area contributed by atoms with E-state index in [1.54, 1.807) is 14.0 Å². The first kappa shape index (κ1) is 34.4. The molecule has 3 aliphatic carbocycles. The summed E-state index contributed by atoms with van der Waals surface area (Å²) in [6.45, 7) is 9.50. The standard InChI is InChI=1S/C19H22ClN3.C8H8O.C6H11F2N.CH2O/c1-5-15-17(2,3)22-16(21-15)18-11-19(18,12-18)23(4)10-13-6-8-14(20)9-7-13;1-7(9)8-5-3-2-4-6-8;1-9-4-5-2-6(7,8)3-5;1-2/h1,6-9,15H,10-12H2,2-4H3,(H,21,22);2-6H,1H3;5,9H,2-4H2,1H3;1H2/t15-,18?,19?;;;/m0.../s1. The second-order valence-corrected chi connectivity index (χ2v) is 12.9. The zero-order valence-corrected chi connectivity index (χ0v) is 26.5. The molecule has 0 saturated heterocycles. The summed E-state index contributed by atoms with van der Waals surface area (Å²) in [6, 6.07) is 17.3. The van der Waals surface area contributed by atoms with E-state index in [1.165, 1.54) is 18.4 Å². The topological polar surface area (TPSA) is 73.8 Å². The van der Waals surface area contributed by atoms with E-state index in [-0.39, 0.29) is 47.1 Å². The Bertz CT molecular complexity index is 1310. The molecule has 232 valence electrons. The predicted molar refractivity (Wildman–Crippen MR) is 170 cm³/mol. The second kappa shape index (κ2) is 13.7. The Morgan fingerprint density at radius 2 is 1.72 bits per heavy atom. The van der Waals surface area contributed by atoms with Crippen LogP contribution < -0.4 is 10.6 Å². The van der Waals surface area contributed by atoms with Crippen LogP contribution in [-0.4, -0.2) is 67.0 Å². The van der Waals surface area contributed by atoms with Crippen LogP contribution in [-0.2, 0) is 11.3 Å². The van der Waals surface area contributed by atoms with Gasteiger partial charge in [-0.2, -0.15) is 0 Å². The highest BCUT2D eigenvalue weighted by Crippen LogP contribution is 2.82. The molecule has 4 aliphatic rings. The third-order valence-corrected chi connectivity index (χ3v) is 8.99. The fourth-order valence-electron chi connectivity index (χ4n) is 5.97. The van der Waals surface area contributed by atoms with Gasteiger partial charge in [0.2, 0.25) is 5.92 Å². The van der Waals surface area contributed by atoms with Crippen LogP contribution in [0, 0.1) is 23.7 Å². The monoisotopic (exact) mass is 612 g/mol. The molecule has 9 heteroatoms. The number of Topliss-reactive ketones (excluding diaryl/α,β-unsaturated/α-hetero) is 1. The number of rotatable bonds is 7. The summed E-state index contributed by atoms with van der Waals surface area (Å²) in [5.74, 6) is 1.93. The Balaban J connectivity index is 0.000000209. The van der Waals surface area contributed by atoms with Gasteiger partial charge in [0, 0.05) is 40.9 Å². The van der Waals surface area contributed by atoms with E-state index in [0.717, 1.165) is 29.5 Å². The molecule has 1 atom stereocenters. The number of aliphatic imine (C=N–C) groups is 1. The quantitative estimate of drug-likeness (QED) is 0.295. The van der Waals surface area contributed by atoms with Crippen molar-refractivity contribution in [3.05, 3.63) is 70.7 Å². The average molecular weight is 613 g/mol. The molecule has 0 bridgehead atoms. The Kier molecular flexibility index (Phi) is 10.9. The van der Waals surface area contributed by atoms with Gasteiger partial charge in [0.05, 0.1) is 5.54 Å². The van der Waals surface area contributed by atoms with E-state index in [0.29, 0.717) is 0 Å². The fraction of sp³-hybridized carbons (Fsp3) is 0.500. The van der Waals surface area contributed by atoms with Gasteiger partial charge in [-0.05, 0) is 77.9 Å². The van der Waals surface area contributed by atoms with Crippen LogP contribution >= 0.6 is 11.6 Å². The van der Waals surface area contributed by atoms with Gasteiger partial charge in [-0.3, -0.25) is 14.7 Å². The summed E-state index contributed by atoms with van der Waals surface area (Å²) in [6.07, 6.45) is 8.16. The first-order valence-corrected chi connectivity index (χ1v) is 14.8. The van der Waals surface area contributed by atoms with E-state index < -0.39 is 5.92 Å². The molecule has 0 radical (unpaired) electrons. The van der Waals surface area contributed by atoms with Crippen molar-refractivity contribution in [1.82, 2.24) is 15.5 Å². The number of carbonyl (C=O) groups excluding carboxylic acids is 2. The second-order valence-electron chi connectivity index (χ2n) is 12.5. The van der Waals surface area contributed by atoms with Crippen molar-refractivity contribution in [2.24, 2.45) is 16.3 Å². The number of halogens is 3. The molecule has 2 aromatic rings. The Labute approximate surface area is 259 Å². The number of nitrogens with zero attached hydrogens (tertiary/aromatic N) is 2. The minimum atomic E-state index is -2.35. The van der Waals surface area contributed by atoms with Gasteiger partial charge in [0.1, 0.15) is 18.7 Å². The lowest BCUT2D eigenvalue weighted by molar-refractivity contribution is -0.108. The molecule has 6 nitrogen and oxygen atoms in total. The van der Waals surface area contributed by atoms with Crippen LogP contribution in [0.4, 0.5) is 8.78 Å². The maximum absolute atomic E-state index is 12.1. The highest BCUT2D eigenvalue weighted by molar-refractivity contribution is 6.30. The minimum absolute atomic E-state index is 0.0626. The molecule has 0 spiro atoms. The zero-order valence-electron chi connectivity index (χ0n) is 25.7. The Hall–Kier alpha value is -3.12. The third kappa shape index (κ3) is 7.89. The normalized spacial score (nSPS) is 26.6. The number of alkyl halides is 2. The molecule has 2 aromatic carbocycles. The molecule has 2 N–H and O–H groups in total. The first-order chi connectivity index (χ1) is 20.3. The lowest BCUT2D eigenvalue weighted by Gasteiger charge is -2.34. The molecule has 43 heavy (non-hydrogen) atoms. The predicted octanol–water partition coefficient (Wildman–Crippen LogP) is 6.04. The largest absolute Gasteiger partial charge is 0.365 e. The van der Waals surface area contributed by atoms with Crippen molar-refractivity contribution in [2.45, 2.75) is 76.0 Å². The van der Waals surface area contributed by atoms with Gasteiger partial charge in [0.25, 0.3) is 0 Å². The molecule has 1 aliphatic heterocycles.